The fourth-order valence-corrected chi connectivity index (χ4v) is 2.54. The maximum absolute atomic E-state index is 5.21. The Balaban J connectivity index is 2.23. The number of hydrogen-bond donors (Lipinski definition) is 1. The van der Waals surface area contributed by atoms with Gasteiger partial charge in [-0.1, -0.05) is 30.4 Å². The number of hydrogen-bond acceptors (Lipinski definition) is 5. The smallest absolute Gasteiger partial charge is 0.147 e. The lowest BCUT2D eigenvalue weighted by atomic mass is 10.2. The maximum atomic E-state index is 5.21. The number of ether oxygens (including phenoxy) is 1. The molecule has 1 unspecified atom stereocenters. The van der Waals surface area contributed by atoms with Gasteiger partial charge in [-0.3, -0.25) is 0 Å². The molecule has 0 radical (unpaired) electrons. The van der Waals surface area contributed by atoms with Gasteiger partial charge in [0, 0.05) is 5.56 Å². The van der Waals surface area contributed by atoms with Gasteiger partial charge in [0.05, 0.1) is 13.2 Å². The van der Waals surface area contributed by atoms with Crippen LogP contribution in [0, 0.1) is 0 Å². The van der Waals surface area contributed by atoms with E-state index in [4.69, 9.17) is 4.74 Å². The average molecular weight is 263 g/mol. The third kappa shape index (κ3) is 2.86. The highest BCUT2D eigenvalue weighted by Crippen LogP contribution is 2.28. The standard InChI is InChI=1S/C13H17N3OS/c1-4-14-9(2)12-15-16-13(18-12)10-6-5-7-11(8-10)17-3/h5-9,14H,4H2,1-3H3. The monoisotopic (exact) mass is 263 g/mol. The lowest BCUT2D eigenvalue weighted by Crippen LogP contribution is -2.17. The van der Waals surface area contributed by atoms with E-state index in [9.17, 15) is 0 Å². The van der Waals surface area contributed by atoms with Crippen molar-refractivity contribution >= 4 is 11.3 Å². The molecule has 0 spiro atoms. The second kappa shape index (κ2) is 5.93. The van der Waals surface area contributed by atoms with Gasteiger partial charge in [-0.25, -0.2) is 0 Å². The fraction of sp³-hybridized carbons (Fsp3) is 0.385. The van der Waals surface area contributed by atoms with Crippen LogP contribution in [0.3, 0.4) is 0 Å². The fourth-order valence-electron chi connectivity index (χ4n) is 1.68. The summed E-state index contributed by atoms with van der Waals surface area (Å²) >= 11 is 1.61. The van der Waals surface area contributed by atoms with Crippen molar-refractivity contribution in [3.8, 4) is 16.3 Å². The van der Waals surface area contributed by atoms with Crippen LogP contribution in [0.25, 0.3) is 10.6 Å². The summed E-state index contributed by atoms with van der Waals surface area (Å²) in [5.41, 5.74) is 1.04. The van der Waals surface area contributed by atoms with Crippen LogP contribution in [0.5, 0.6) is 5.75 Å². The van der Waals surface area contributed by atoms with Crippen LogP contribution >= 0.6 is 11.3 Å². The highest BCUT2D eigenvalue weighted by atomic mass is 32.1. The first kappa shape index (κ1) is 13.0. The van der Waals surface area contributed by atoms with E-state index in [0.29, 0.717) is 0 Å². The Morgan fingerprint density at radius 3 is 2.94 bits per heavy atom. The Morgan fingerprint density at radius 2 is 2.22 bits per heavy atom. The summed E-state index contributed by atoms with van der Waals surface area (Å²) in [4.78, 5) is 0. The molecule has 4 nitrogen and oxygen atoms in total. The molecule has 0 saturated heterocycles. The van der Waals surface area contributed by atoms with Crippen molar-refractivity contribution in [2.75, 3.05) is 13.7 Å². The molecular formula is C13H17N3OS. The SMILES string of the molecule is CCNC(C)c1nnc(-c2cccc(OC)c2)s1. The lowest BCUT2D eigenvalue weighted by molar-refractivity contribution is 0.415. The average Bonchev–Trinajstić information content (AvgIpc) is 2.89. The zero-order chi connectivity index (χ0) is 13.0. The molecule has 1 N–H and O–H groups in total. The van der Waals surface area contributed by atoms with Crippen molar-refractivity contribution < 1.29 is 4.74 Å². The topological polar surface area (TPSA) is 47.0 Å². The molecule has 1 aromatic carbocycles. The quantitative estimate of drug-likeness (QED) is 0.901. The van der Waals surface area contributed by atoms with Crippen LogP contribution in [-0.4, -0.2) is 23.9 Å². The summed E-state index contributed by atoms with van der Waals surface area (Å²) in [5.74, 6) is 0.837. The molecule has 5 heteroatoms. The third-order valence-electron chi connectivity index (χ3n) is 2.64. The third-order valence-corrected chi connectivity index (χ3v) is 3.79. The Kier molecular flexibility index (Phi) is 4.28. The minimum absolute atomic E-state index is 0.242. The molecule has 1 aromatic heterocycles. The van der Waals surface area contributed by atoms with Gasteiger partial charge < -0.3 is 10.1 Å². The molecule has 0 saturated carbocycles. The predicted octanol–water partition coefficient (Wildman–Crippen LogP) is 2.88. The molecule has 2 aromatic rings. The van der Waals surface area contributed by atoms with Gasteiger partial charge in [0.2, 0.25) is 0 Å². The first-order valence-electron chi connectivity index (χ1n) is 5.95. The zero-order valence-electron chi connectivity index (χ0n) is 10.8. The first-order chi connectivity index (χ1) is 8.74. The highest BCUT2D eigenvalue weighted by molar-refractivity contribution is 7.14. The lowest BCUT2D eigenvalue weighted by Gasteiger charge is -2.06. The maximum Gasteiger partial charge on any atom is 0.147 e. The van der Waals surface area contributed by atoms with Crippen LogP contribution in [-0.2, 0) is 0 Å². The largest absolute Gasteiger partial charge is 0.497 e. The summed E-state index contributed by atoms with van der Waals surface area (Å²) in [5, 5.41) is 13.7. The van der Waals surface area contributed by atoms with Gasteiger partial charge in [-0.15, -0.1) is 10.2 Å². The van der Waals surface area contributed by atoms with Gasteiger partial charge in [-0.2, -0.15) is 0 Å². The highest BCUT2D eigenvalue weighted by Gasteiger charge is 2.12. The molecule has 0 aliphatic rings. The van der Waals surface area contributed by atoms with Crippen LogP contribution in [0.4, 0.5) is 0 Å². The summed E-state index contributed by atoms with van der Waals surface area (Å²) in [6, 6.07) is 8.12. The summed E-state index contributed by atoms with van der Waals surface area (Å²) in [6.45, 7) is 5.11. The second-order valence-corrected chi connectivity index (χ2v) is 4.97. The number of methoxy groups -OCH3 is 1. The van der Waals surface area contributed by atoms with Gasteiger partial charge in [0.15, 0.2) is 0 Å². The van der Waals surface area contributed by atoms with E-state index in [1.54, 1.807) is 18.4 Å². The van der Waals surface area contributed by atoms with Crippen LogP contribution in [0.2, 0.25) is 0 Å². The summed E-state index contributed by atoms with van der Waals surface area (Å²) in [6.07, 6.45) is 0. The number of rotatable bonds is 5. The van der Waals surface area contributed by atoms with Gasteiger partial charge >= 0.3 is 0 Å². The summed E-state index contributed by atoms with van der Waals surface area (Å²) in [7, 11) is 1.66. The van der Waals surface area contributed by atoms with Crippen molar-refractivity contribution in [3.63, 3.8) is 0 Å². The van der Waals surface area contributed by atoms with Gasteiger partial charge in [-0.05, 0) is 25.6 Å². The zero-order valence-corrected chi connectivity index (χ0v) is 11.6. The van der Waals surface area contributed by atoms with E-state index in [2.05, 4.69) is 29.4 Å². The number of nitrogens with zero attached hydrogens (tertiary/aromatic N) is 2. The second-order valence-electron chi connectivity index (χ2n) is 3.96. The Bertz CT molecular complexity index is 512. The first-order valence-corrected chi connectivity index (χ1v) is 6.77. The Hall–Kier alpha value is -1.46. The minimum atomic E-state index is 0.242. The molecular weight excluding hydrogens is 246 g/mol. The number of aromatic nitrogens is 2. The van der Waals surface area contributed by atoms with Crippen molar-refractivity contribution in [2.45, 2.75) is 19.9 Å². The predicted molar refractivity (Wildman–Crippen MR) is 74.0 cm³/mol. The molecule has 96 valence electrons. The van der Waals surface area contributed by atoms with Crippen molar-refractivity contribution in [2.24, 2.45) is 0 Å². The van der Waals surface area contributed by atoms with Gasteiger partial charge in [0.1, 0.15) is 15.8 Å². The van der Waals surface area contributed by atoms with Gasteiger partial charge in [0.25, 0.3) is 0 Å². The molecule has 18 heavy (non-hydrogen) atoms. The van der Waals surface area contributed by atoms with Crippen LogP contribution < -0.4 is 10.1 Å². The Morgan fingerprint density at radius 1 is 1.39 bits per heavy atom. The van der Waals surface area contributed by atoms with Crippen LogP contribution in [0.15, 0.2) is 24.3 Å². The van der Waals surface area contributed by atoms with E-state index < -0.39 is 0 Å². The van der Waals surface area contributed by atoms with Crippen molar-refractivity contribution in [1.29, 1.82) is 0 Å². The number of benzene rings is 1. The Labute approximate surface area is 111 Å². The van der Waals surface area contributed by atoms with E-state index in [-0.39, 0.29) is 6.04 Å². The molecule has 0 fully saturated rings. The molecule has 0 aliphatic carbocycles. The molecule has 1 atom stereocenters. The molecule has 0 aliphatic heterocycles. The van der Waals surface area contributed by atoms with Crippen LogP contribution in [0.1, 0.15) is 24.9 Å². The summed E-state index contributed by atoms with van der Waals surface area (Å²) < 4.78 is 5.21. The minimum Gasteiger partial charge on any atom is -0.497 e. The normalized spacial score (nSPS) is 12.4. The van der Waals surface area contributed by atoms with Crippen molar-refractivity contribution in [3.05, 3.63) is 29.3 Å². The number of nitrogens with one attached hydrogen (secondary N) is 1. The van der Waals surface area contributed by atoms with E-state index >= 15 is 0 Å². The van der Waals surface area contributed by atoms with E-state index in [0.717, 1.165) is 27.9 Å². The molecule has 2 rings (SSSR count). The van der Waals surface area contributed by atoms with E-state index in [1.165, 1.54) is 0 Å². The molecule has 1 heterocycles. The molecule has 0 amide bonds. The van der Waals surface area contributed by atoms with Crippen molar-refractivity contribution in [1.82, 2.24) is 15.5 Å². The van der Waals surface area contributed by atoms with E-state index in [1.807, 2.05) is 24.3 Å². The molecule has 0 bridgehead atoms.